The zero-order chi connectivity index (χ0) is 21.5. The third-order valence-corrected chi connectivity index (χ3v) is 5.31. The van der Waals surface area contributed by atoms with Gasteiger partial charge >= 0.3 is 0 Å². The molecule has 0 aliphatic carbocycles. The minimum absolute atomic E-state index is 0.241. The lowest BCUT2D eigenvalue weighted by atomic mass is 10.1. The lowest BCUT2D eigenvalue weighted by molar-refractivity contribution is 0.0944. The highest BCUT2D eigenvalue weighted by molar-refractivity contribution is 5.96. The molecule has 1 fully saturated rings. The molecule has 1 aromatic heterocycles. The first-order valence-corrected chi connectivity index (χ1v) is 10.3. The predicted octanol–water partition coefficient (Wildman–Crippen LogP) is 2.19. The molecule has 162 valence electrons. The standard InChI is InChI=1S/C22H31N5O3/c1-16-7-5-8-17(2)19(16)26-10-12-27(13-11-26)22-24-15-18(21(25-22)30-4)20(28)23-9-6-14-29-3/h5,7-8,15H,6,9-14H2,1-4H3,(H,23,28). The first-order chi connectivity index (χ1) is 14.5. The molecule has 1 saturated heterocycles. The van der Waals surface area contributed by atoms with Crippen LogP contribution in [0.5, 0.6) is 5.88 Å². The number of benzene rings is 1. The Balaban J connectivity index is 1.65. The van der Waals surface area contributed by atoms with Crippen LogP contribution in [0.1, 0.15) is 27.9 Å². The smallest absolute Gasteiger partial charge is 0.258 e. The molecule has 3 rings (SSSR count). The van der Waals surface area contributed by atoms with Gasteiger partial charge in [-0.05, 0) is 31.4 Å². The Morgan fingerprint density at radius 1 is 1.10 bits per heavy atom. The van der Waals surface area contributed by atoms with Gasteiger partial charge in [0.05, 0.1) is 7.11 Å². The van der Waals surface area contributed by atoms with Crippen LogP contribution in [-0.4, -0.2) is 69.4 Å². The van der Waals surface area contributed by atoms with E-state index < -0.39 is 0 Å². The molecule has 0 bridgehead atoms. The van der Waals surface area contributed by atoms with Gasteiger partial charge in [0, 0.05) is 58.3 Å². The monoisotopic (exact) mass is 413 g/mol. The average Bonchev–Trinajstić information content (AvgIpc) is 2.76. The van der Waals surface area contributed by atoms with Crippen LogP contribution in [0.25, 0.3) is 0 Å². The molecule has 30 heavy (non-hydrogen) atoms. The van der Waals surface area contributed by atoms with Crippen LogP contribution in [0, 0.1) is 13.8 Å². The minimum atomic E-state index is -0.241. The van der Waals surface area contributed by atoms with Crippen molar-refractivity contribution in [3.8, 4) is 5.88 Å². The molecule has 0 spiro atoms. The second-order valence-corrected chi connectivity index (χ2v) is 7.41. The molecule has 1 amide bonds. The summed E-state index contributed by atoms with van der Waals surface area (Å²) in [5.41, 5.74) is 4.24. The van der Waals surface area contributed by atoms with Gasteiger partial charge in [-0.25, -0.2) is 4.98 Å². The van der Waals surface area contributed by atoms with E-state index in [-0.39, 0.29) is 5.91 Å². The van der Waals surface area contributed by atoms with Crippen molar-refractivity contribution < 1.29 is 14.3 Å². The summed E-state index contributed by atoms with van der Waals surface area (Å²) in [5, 5.41) is 2.84. The van der Waals surface area contributed by atoms with Crippen molar-refractivity contribution >= 4 is 17.5 Å². The lowest BCUT2D eigenvalue weighted by Gasteiger charge is -2.37. The van der Waals surface area contributed by atoms with Crippen molar-refractivity contribution in [3.05, 3.63) is 41.1 Å². The zero-order valence-electron chi connectivity index (χ0n) is 18.3. The SMILES string of the molecule is COCCCNC(=O)c1cnc(N2CCN(c3c(C)cccc3C)CC2)nc1OC. The number of carbonyl (C=O) groups excluding carboxylic acids is 1. The number of aromatic nitrogens is 2. The Morgan fingerprint density at radius 3 is 2.40 bits per heavy atom. The van der Waals surface area contributed by atoms with Crippen LogP contribution in [0.3, 0.4) is 0 Å². The Labute approximate surface area is 178 Å². The second-order valence-electron chi connectivity index (χ2n) is 7.41. The van der Waals surface area contributed by atoms with Gasteiger partial charge in [0.25, 0.3) is 5.91 Å². The van der Waals surface area contributed by atoms with Crippen molar-refractivity contribution in [2.24, 2.45) is 0 Å². The third-order valence-electron chi connectivity index (χ3n) is 5.31. The van der Waals surface area contributed by atoms with Gasteiger partial charge in [-0.1, -0.05) is 18.2 Å². The van der Waals surface area contributed by atoms with E-state index in [2.05, 4.69) is 57.1 Å². The highest BCUT2D eigenvalue weighted by Crippen LogP contribution is 2.27. The molecule has 1 aliphatic heterocycles. The van der Waals surface area contributed by atoms with E-state index >= 15 is 0 Å². The molecule has 0 saturated carbocycles. The summed E-state index contributed by atoms with van der Waals surface area (Å²) in [6.45, 7) is 8.82. The fraction of sp³-hybridized carbons (Fsp3) is 0.500. The number of methoxy groups -OCH3 is 2. The van der Waals surface area contributed by atoms with Crippen LogP contribution >= 0.6 is 0 Å². The highest BCUT2D eigenvalue weighted by Gasteiger charge is 2.23. The minimum Gasteiger partial charge on any atom is -0.480 e. The van der Waals surface area contributed by atoms with E-state index in [0.29, 0.717) is 30.5 Å². The van der Waals surface area contributed by atoms with Gasteiger partial charge < -0.3 is 24.6 Å². The summed E-state index contributed by atoms with van der Waals surface area (Å²) in [4.78, 5) is 25.9. The molecule has 8 nitrogen and oxygen atoms in total. The average molecular weight is 414 g/mol. The number of aryl methyl sites for hydroxylation is 2. The van der Waals surface area contributed by atoms with E-state index in [4.69, 9.17) is 9.47 Å². The van der Waals surface area contributed by atoms with Crippen LogP contribution in [0.15, 0.2) is 24.4 Å². The maximum absolute atomic E-state index is 12.4. The largest absolute Gasteiger partial charge is 0.480 e. The normalized spacial score (nSPS) is 14.0. The van der Waals surface area contributed by atoms with Gasteiger partial charge in [-0.2, -0.15) is 4.98 Å². The Bertz CT molecular complexity index is 846. The first kappa shape index (κ1) is 21.8. The Hall–Kier alpha value is -2.87. The van der Waals surface area contributed by atoms with Crippen molar-refractivity contribution in [1.82, 2.24) is 15.3 Å². The maximum atomic E-state index is 12.4. The Kier molecular flexibility index (Phi) is 7.46. The molecule has 8 heteroatoms. The first-order valence-electron chi connectivity index (χ1n) is 10.3. The number of carbonyl (C=O) groups is 1. The second kappa shape index (κ2) is 10.2. The van der Waals surface area contributed by atoms with Crippen molar-refractivity contribution in [3.63, 3.8) is 0 Å². The van der Waals surface area contributed by atoms with Gasteiger partial charge in [-0.15, -0.1) is 0 Å². The molecule has 1 aromatic carbocycles. The quantitative estimate of drug-likeness (QED) is 0.665. The number of ether oxygens (including phenoxy) is 2. The zero-order valence-corrected chi connectivity index (χ0v) is 18.3. The van der Waals surface area contributed by atoms with Gasteiger partial charge in [0.15, 0.2) is 0 Å². The number of anilines is 2. The van der Waals surface area contributed by atoms with Crippen molar-refractivity contribution in [2.45, 2.75) is 20.3 Å². The number of rotatable bonds is 8. The fourth-order valence-corrected chi connectivity index (χ4v) is 3.77. The van der Waals surface area contributed by atoms with Gasteiger partial charge in [0.2, 0.25) is 11.8 Å². The van der Waals surface area contributed by atoms with Crippen LogP contribution < -0.4 is 19.9 Å². The molecule has 0 atom stereocenters. The number of nitrogens with one attached hydrogen (secondary N) is 1. The lowest BCUT2D eigenvalue weighted by Crippen LogP contribution is -2.47. The molecule has 0 radical (unpaired) electrons. The number of nitrogens with zero attached hydrogens (tertiary/aromatic N) is 4. The number of hydrogen-bond acceptors (Lipinski definition) is 7. The van der Waals surface area contributed by atoms with Crippen molar-refractivity contribution in [1.29, 1.82) is 0 Å². The Morgan fingerprint density at radius 2 is 1.77 bits per heavy atom. The number of piperazine rings is 1. The number of para-hydroxylation sites is 1. The molecule has 2 heterocycles. The van der Waals surface area contributed by atoms with Gasteiger partial charge in [-0.3, -0.25) is 4.79 Å². The van der Waals surface area contributed by atoms with Crippen molar-refractivity contribution in [2.75, 3.05) is 63.4 Å². The van der Waals surface area contributed by atoms with Crippen LogP contribution in [0.4, 0.5) is 11.6 Å². The molecular weight excluding hydrogens is 382 g/mol. The molecule has 2 aromatic rings. The highest BCUT2D eigenvalue weighted by atomic mass is 16.5. The summed E-state index contributed by atoms with van der Waals surface area (Å²) in [6, 6.07) is 6.41. The summed E-state index contributed by atoms with van der Waals surface area (Å²) in [7, 11) is 3.16. The predicted molar refractivity (Wildman–Crippen MR) is 118 cm³/mol. The fourth-order valence-electron chi connectivity index (χ4n) is 3.77. The molecule has 1 aliphatic rings. The van der Waals surface area contributed by atoms with E-state index in [1.165, 1.54) is 23.9 Å². The van der Waals surface area contributed by atoms with Crippen LogP contribution in [0.2, 0.25) is 0 Å². The maximum Gasteiger partial charge on any atom is 0.258 e. The van der Waals surface area contributed by atoms with E-state index in [1.807, 2.05) is 0 Å². The summed E-state index contributed by atoms with van der Waals surface area (Å²) >= 11 is 0. The molecule has 1 N–H and O–H groups in total. The van der Waals surface area contributed by atoms with Crippen LogP contribution in [-0.2, 0) is 4.74 Å². The molecular formula is C22H31N5O3. The summed E-state index contributed by atoms with van der Waals surface area (Å²) in [5.74, 6) is 0.639. The number of hydrogen-bond donors (Lipinski definition) is 1. The molecule has 0 unspecified atom stereocenters. The summed E-state index contributed by atoms with van der Waals surface area (Å²) in [6.07, 6.45) is 2.29. The number of amides is 1. The van der Waals surface area contributed by atoms with Gasteiger partial charge in [0.1, 0.15) is 5.56 Å². The van der Waals surface area contributed by atoms with E-state index in [1.54, 1.807) is 13.3 Å². The topological polar surface area (TPSA) is 79.8 Å². The summed E-state index contributed by atoms with van der Waals surface area (Å²) < 4.78 is 10.4. The van der Waals surface area contributed by atoms with E-state index in [9.17, 15) is 4.79 Å². The van der Waals surface area contributed by atoms with E-state index in [0.717, 1.165) is 32.6 Å². The third kappa shape index (κ3) is 4.99.